The first-order chi connectivity index (χ1) is 9.35. The SMILES string of the molecule is CCNS(=O)(=O)CCNC(=O)C1(CN)CCC(C)CC1. The van der Waals surface area contributed by atoms with Crippen molar-refractivity contribution in [1.29, 1.82) is 0 Å². The summed E-state index contributed by atoms with van der Waals surface area (Å²) >= 11 is 0. The van der Waals surface area contributed by atoms with E-state index in [0.717, 1.165) is 25.7 Å². The molecule has 0 bridgehead atoms. The normalized spacial score (nSPS) is 27.2. The molecule has 0 spiro atoms. The van der Waals surface area contributed by atoms with Crippen molar-refractivity contribution >= 4 is 15.9 Å². The third kappa shape index (κ3) is 4.71. The second-order valence-electron chi connectivity index (χ2n) is 5.74. The Morgan fingerprint density at radius 1 is 1.35 bits per heavy atom. The first kappa shape index (κ1) is 17.4. The monoisotopic (exact) mass is 305 g/mol. The first-order valence-corrected chi connectivity index (χ1v) is 8.96. The van der Waals surface area contributed by atoms with Crippen LogP contribution < -0.4 is 15.8 Å². The van der Waals surface area contributed by atoms with Crippen molar-refractivity contribution in [3.05, 3.63) is 0 Å². The van der Waals surface area contributed by atoms with Crippen LogP contribution in [0, 0.1) is 11.3 Å². The van der Waals surface area contributed by atoms with Gasteiger partial charge in [-0.1, -0.05) is 13.8 Å². The predicted molar refractivity (Wildman–Crippen MR) is 79.6 cm³/mol. The van der Waals surface area contributed by atoms with Gasteiger partial charge < -0.3 is 11.1 Å². The van der Waals surface area contributed by atoms with E-state index in [-0.39, 0.29) is 18.2 Å². The van der Waals surface area contributed by atoms with Crippen LogP contribution in [-0.2, 0) is 14.8 Å². The van der Waals surface area contributed by atoms with Crippen molar-refractivity contribution in [2.75, 3.05) is 25.4 Å². The summed E-state index contributed by atoms with van der Waals surface area (Å²) in [6.45, 7) is 4.72. The molecule has 1 aliphatic rings. The molecule has 0 radical (unpaired) electrons. The number of rotatable bonds is 7. The molecular weight excluding hydrogens is 278 g/mol. The highest BCUT2D eigenvalue weighted by atomic mass is 32.2. The molecule has 0 aromatic carbocycles. The number of amides is 1. The second-order valence-corrected chi connectivity index (χ2v) is 7.67. The van der Waals surface area contributed by atoms with Gasteiger partial charge in [-0.2, -0.15) is 0 Å². The zero-order chi connectivity index (χ0) is 15.2. The maximum Gasteiger partial charge on any atom is 0.227 e. The standard InChI is InChI=1S/C13H27N3O3S/c1-3-16-20(18,19)9-8-15-12(17)13(10-14)6-4-11(2)5-7-13/h11,16H,3-10,14H2,1-2H3,(H,15,17). The summed E-state index contributed by atoms with van der Waals surface area (Å²) in [6, 6.07) is 0. The van der Waals surface area contributed by atoms with Crippen molar-refractivity contribution in [2.24, 2.45) is 17.1 Å². The van der Waals surface area contributed by atoms with Gasteiger partial charge in [-0.3, -0.25) is 4.79 Å². The van der Waals surface area contributed by atoms with Gasteiger partial charge in [-0.25, -0.2) is 13.1 Å². The number of sulfonamides is 1. The highest BCUT2D eigenvalue weighted by Gasteiger charge is 2.39. The number of hydrogen-bond donors (Lipinski definition) is 3. The van der Waals surface area contributed by atoms with Gasteiger partial charge in [-0.15, -0.1) is 0 Å². The fourth-order valence-electron chi connectivity index (χ4n) is 2.62. The summed E-state index contributed by atoms with van der Waals surface area (Å²) in [5.41, 5.74) is 5.29. The van der Waals surface area contributed by atoms with E-state index in [1.54, 1.807) is 6.92 Å². The van der Waals surface area contributed by atoms with Crippen LogP contribution >= 0.6 is 0 Å². The molecule has 4 N–H and O–H groups in total. The average Bonchev–Trinajstić information content (AvgIpc) is 2.39. The van der Waals surface area contributed by atoms with Gasteiger partial charge in [0.15, 0.2) is 0 Å². The lowest BCUT2D eigenvalue weighted by atomic mass is 9.70. The van der Waals surface area contributed by atoms with Crippen LogP contribution in [0.2, 0.25) is 0 Å². The van der Waals surface area contributed by atoms with Gasteiger partial charge in [0.1, 0.15) is 0 Å². The Kier molecular flexibility index (Phi) is 6.42. The van der Waals surface area contributed by atoms with Crippen LogP contribution in [0.15, 0.2) is 0 Å². The Bertz CT molecular complexity index is 415. The van der Waals surface area contributed by atoms with Gasteiger partial charge in [0.05, 0.1) is 11.2 Å². The molecule has 0 aromatic heterocycles. The van der Waals surface area contributed by atoms with Gasteiger partial charge in [-0.05, 0) is 31.6 Å². The summed E-state index contributed by atoms with van der Waals surface area (Å²) in [5, 5.41) is 2.74. The molecule has 1 amide bonds. The molecular formula is C13H27N3O3S. The van der Waals surface area contributed by atoms with Crippen LogP contribution in [0.4, 0.5) is 0 Å². The molecule has 6 nitrogen and oxygen atoms in total. The lowest BCUT2D eigenvalue weighted by molar-refractivity contribution is -0.132. The molecule has 0 aromatic rings. The Labute approximate surface area is 121 Å². The van der Waals surface area contributed by atoms with Crippen molar-refractivity contribution < 1.29 is 13.2 Å². The Hall–Kier alpha value is -0.660. The molecule has 0 saturated heterocycles. The fraction of sp³-hybridized carbons (Fsp3) is 0.923. The van der Waals surface area contributed by atoms with E-state index in [1.807, 2.05) is 0 Å². The molecule has 20 heavy (non-hydrogen) atoms. The highest BCUT2D eigenvalue weighted by molar-refractivity contribution is 7.89. The zero-order valence-electron chi connectivity index (χ0n) is 12.4. The highest BCUT2D eigenvalue weighted by Crippen LogP contribution is 2.38. The fourth-order valence-corrected chi connectivity index (χ4v) is 3.57. The van der Waals surface area contributed by atoms with Crippen molar-refractivity contribution in [3.63, 3.8) is 0 Å². The lowest BCUT2D eigenvalue weighted by Gasteiger charge is -2.37. The molecule has 1 fully saturated rings. The molecule has 1 saturated carbocycles. The van der Waals surface area contributed by atoms with Crippen molar-refractivity contribution in [1.82, 2.24) is 10.0 Å². The minimum Gasteiger partial charge on any atom is -0.355 e. The smallest absolute Gasteiger partial charge is 0.227 e. The van der Waals surface area contributed by atoms with E-state index in [4.69, 9.17) is 5.73 Å². The zero-order valence-corrected chi connectivity index (χ0v) is 13.3. The number of nitrogens with one attached hydrogen (secondary N) is 2. The predicted octanol–water partition coefficient (Wildman–Crippen LogP) is 0.197. The van der Waals surface area contributed by atoms with Crippen LogP contribution in [0.25, 0.3) is 0 Å². The van der Waals surface area contributed by atoms with E-state index >= 15 is 0 Å². The lowest BCUT2D eigenvalue weighted by Crippen LogP contribution is -2.49. The summed E-state index contributed by atoms with van der Waals surface area (Å²) in [5.74, 6) is 0.444. The summed E-state index contributed by atoms with van der Waals surface area (Å²) in [7, 11) is -3.29. The first-order valence-electron chi connectivity index (χ1n) is 7.31. The Morgan fingerprint density at radius 2 is 1.95 bits per heavy atom. The van der Waals surface area contributed by atoms with Gasteiger partial charge in [0.2, 0.25) is 15.9 Å². The molecule has 0 unspecified atom stereocenters. The van der Waals surface area contributed by atoms with Crippen LogP contribution in [0.5, 0.6) is 0 Å². The number of carbonyl (C=O) groups is 1. The van der Waals surface area contributed by atoms with E-state index in [2.05, 4.69) is 17.0 Å². The van der Waals surface area contributed by atoms with Gasteiger partial charge in [0.25, 0.3) is 0 Å². The minimum atomic E-state index is -3.29. The van der Waals surface area contributed by atoms with Crippen LogP contribution in [0.3, 0.4) is 0 Å². The van der Waals surface area contributed by atoms with E-state index in [1.165, 1.54) is 0 Å². The molecule has 7 heteroatoms. The molecule has 0 aliphatic heterocycles. The number of nitrogens with two attached hydrogens (primary N) is 1. The third-order valence-electron chi connectivity index (χ3n) is 4.12. The van der Waals surface area contributed by atoms with E-state index in [0.29, 0.717) is 19.0 Å². The van der Waals surface area contributed by atoms with Crippen molar-refractivity contribution in [3.8, 4) is 0 Å². The molecule has 0 atom stereocenters. The maximum absolute atomic E-state index is 12.3. The summed E-state index contributed by atoms with van der Waals surface area (Å²) in [4.78, 5) is 12.3. The Balaban J connectivity index is 2.49. The average molecular weight is 305 g/mol. The second kappa shape index (κ2) is 7.38. The maximum atomic E-state index is 12.3. The van der Waals surface area contributed by atoms with E-state index in [9.17, 15) is 13.2 Å². The molecule has 1 aliphatic carbocycles. The van der Waals surface area contributed by atoms with Gasteiger partial charge in [0, 0.05) is 19.6 Å². The quantitative estimate of drug-likeness (QED) is 0.625. The molecule has 0 heterocycles. The largest absolute Gasteiger partial charge is 0.355 e. The molecule has 1 rings (SSSR count). The van der Waals surface area contributed by atoms with Crippen LogP contribution in [-0.4, -0.2) is 39.7 Å². The number of carbonyl (C=O) groups excluding carboxylic acids is 1. The Morgan fingerprint density at radius 3 is 2.45 bits per heavy atom. The van der Waals surface area contributed by atoms with E-state index < -0.39 is 15.4 Å². The summed E-state index contributed by atoms with van der Waals surface area (Å²) in [6.07, 6.45) is 3.58. The van der Waals surface area contributed by atoms with Gasteiger partial charge >= 0.3 is 0 Å². The summed E-state index contributed by atoms with van der Waals surface area (Å²) < 4.78 is 25.4. The number of hydrogen-bond acceptors (Lipinski definition) is 4. The van der Waals surface area contributed by atoms with Crippen LogP contribution in [0.1, 0.15) is 39.5 Å². The molecule has 118 valence electrons. The third-order valence-corrected chi connectivity index (χ3v) is 5.59. The van der Waals surface area contributed by atoms with Crippen molar-refractivity contribution in [2.45, 2.75) is 39.5 Å². The minimum absolute atomic E-state index is 0.0936. The topological polar surface area (TPSA) is 101 Å².